The fourth-order valence-electron chi connectivity index (χ4n) is 1.49. The van der Waals surface area contributed by atoms with Crippen LogP contribution in [-0.2, 0) is 11.3 Å². The molecule has 0 spiro atoms. The number of primary amides is 1. The van der Waals surface area contributed by atoms with Crippen LogP contribution in [0.5, 0.6) is 0 Å². The van der Waals surface area contributed by atoms with Gasteiger partial charge in [0.1, 0.15) is 18.2 Å². The fourth-order valence-corrected chi connectivity index (χ4v) is 1.49. The Kier molecular flexibility index (Phi) is 2.68. The van der Waals surface area contributed by atoms with Crippen LogP contribution in [-0.4, -0.2) is 15.5 Å². The van der Waals surface area contributed by atoms with Crippen LogP contribution in [0.25, 0.3) is 11.4 Å². The number of rotatable bonds is 3. The monoisotopic (exact) mass is 219 g/mol. The number of benzene rings is 1. The third kappa shape index (κ3) is 2.08. The first kappa shape index (κ1) is 10.4. The molecule has 1 heterocycles. The summed E-state index contributed by atoms with van der Waals surface area (Å²) in [5.74, 6) is -0.278. The van der Waals surface area contributed by atoms with Crippen molar-refractivity contribution in [1.82, 2.24) is 9.55 Å². The van der Waals surface area contributed by atoms with Gasteiger partial charge < -0.3 is 10.3 Å². The normalized spacial score (nSPS) is 10.3. The first-order valence-electron chi connectivity index (χ1n) is 4.72. The fraction of sp³-hybridized carbons (Fsp3) is 0.0909. The molecular formula is C11H10FN3O. The Bertz CT molecular complexity index is 521. The number of nitrogens with two attached hydrogens (primary N) is 1. The van der Waals surface area contributed by atoms with Gasteiger partial charge in [-0.15, -0.1) is 0 Å². The summed E-state index contributed by atoms with van der Waals surface area (Å²) >= 11 is 0. The van der Waals surface area contributed by atoms with Crippen molar-refractivity contribution in [3.05, 3.63) is 42.5 Å². The summed E-state index contributed by atoms with van der Waals surface area (Å²) in [4.78, 5) is 14.9. The SMILES string of the molecule is NC(=O)Cn1ccnc1-c1cccc(F)c1. The molecule has 2 N–H and O–H groups in total. The van der Waals surface area contributed by atoms with Crippen LogP contribution < -0.4 is 5.73 Å². The largest absolute Gasteiger partial charge is 0.368 e. The van der Waals surface area contributed by atoms with Gasteiger partial charge >= 0.3 is 0 Å². The van der Waals surface area contributed by atoms with Crippen LogP contribution in [0.4, 0.5) is 4.39 Å². The molecule has 0 unspecified atom stereocenters. The number of amides is 1. The zero-order chi connectivity index (χ0) is 11.5. The van der Waals surface area contributed by atoms with Gasteiger partial charge in [0.25, 0.3) is 0 Å². The smallest absolute Gasteiger partial charge is 0.237 e. The van der Waals surface area contributed by atoms with Crippen molar-refractivity contribution in [1.29, 1.82) is 0 Å². The van der Waals surface area contributed by atoms with E-state index in [2.05, 4.69) is 4.98 Å². The van der Waals surface area contributed by atoms with Crippen molar-refractivity contribution in [2.75, 3.05) is 0 Å². The second-order valence-electron chi connectivity index (χ2n) is 3.36. The standard InChI is InChI=1S/C11H10FN3O/c12-9-3-1-2-8(6-9)11-14-4-5-15(11)7-10(13)16/h1-6H,7H2,(H2,13,16). The Balaban J connectivity index is 2.40. The molecule has 0 atom stereocenters. The summed E-state index contributed by atoms with van der Waals surface area (Å²) in [7, 11) is 0. The molecular weight excluding hydrogens is 209 g/mol. The van der Waals surface area contributed by atoms with Crippen LogP contribution >= 0.6 is 0 Å². The molecule has 0 aliphatic heterocycles. The quantitative estimate of drug-likeness (QED) is 0.842. The summed E-state index contributed by atoms with van der Waals surface area (Å²) in [6.45, 7) is 0.0336. The highest BCUT2D eigenvalue weighted by molar-refractivity contribution is 5.74. The van der Waals surface area contributed by atoms with Gasteiger partial charge in [0, 0.05) is 18.0 Å². The molecule has 0 saturated carbocycles. The van der Waals surface area contributed by atoms with E-state index >= 15 is 0 Å². The van der Waals surface area contributed by atoms with E-state index in [0.29, 0.717) is 11.4 Å². The van der Waals surface area contributed by atoms with Crippen LogP contribution in [0.15, 0.2) is 36.7 Å². The number of halogens is 1. The topological polar surface area (TPSA) is 60.9 Å². The number of imidazole rings is 1. The van der Waals surface area contributed by atoms with Crippen LogP contribution in [0.2, 0.25) is 0 Å². The molecule has 0 bridgehead atoms. The van der Waals surface area contributed by atoms with Gasteiger partial charge in [0.05, 0.1) is 0 Å². The number of aromatic nitrogens is 2. The highest BCUT2D eigenvalue weighted by Gasteiger charge is 2.08. The van der Waals surface area contributed by atoms with Crippen molar-refractivity contribution in [3.63, 3.8) is 0 Å². The number of hydrogen-bond donors (Lipinski definition) is 1. The van der Waals surface area contributed by atoms with Gasteiger partial charge in [0.2, 0.25) is 5.91 Å². The summed E-state index contributed by atoms with van der Waals surface area (Å²) in [6, 6.07) is 6.03. The van der Waals surface area contributed by atoms with Gasteiger partial charge in [-0.3, -0.25) is 4.79 Å². The molecule has 1 amide bonds. The molecule has 2 rings (SSSR count). The van der Waals surface area contributed by atoms with Crippen molar-refractivity contribution >= 4 is 5.91 Å². The average Bonchev–Trinajstić information content (AvgIpc) is 2.65. The maximum atomic E-state index is 13.0. The summed E-state index contributed by atoms with van der Waals surface area (Å²) in [5, 5.41) is 0. The summed E-state index contributed by atoms with van der Waals surface area (Å²) in [5.41, 5.74) is 5.72. The second-order valence-corrected chi connectivity index (χ2v) is 3.36. The highest BCUT2D eigenvalue weighted by Crippen LogP contribution is 2.17. The lowest BCUT2D eigenvalue weighted by atomic mass is 10.2. The molecule has 0 aliphatic carbocycles. The van der Waals surface area contributed by atoms with E-state index < -0.39 is 5.91 Å². The van der Waals surface area contributed by atoms with Crippen molar-refractivity contribution in [2.24, 2.45) is 5.73 Å². The number of carbonyl (C=O) groups excluding carboxylic acids is 1. The minimum atomic E-state index is -0.462. The second kappa shape index (κ2) is 4.14. The first-order chi connectivity index (χ1) is 7.66. The molecule has 4 nitrogen and oxygen atoms in total. The average molecular weight is 219 g/mol. The Morgan fingerprint density at radius 3 is 3.00 bits per heavy atom. The highest BCUT2D eigenvalue weighted by atomic mass is 19.1. The molecule has 1 aromatic heterocycles. The van der Waals surface area contributed by atoms with Gasteiger partial charge in [0.15, 0.2) is 0 Å². The molecule has 2 aromatic rings. The summed E-state index contributed by atoms with van der Waals surface area (Å²) in [6.07, 6.45) is 3.17. The molecule has 16 heavy (non-hydrogen) atoms. The molecule has 1 aromatic carbocycles. The van der Waals surface area contributed by atoms with Gasteiger partial charge in [-0.1, -0.05) is 12.1 Å². The molecule has 0 saturated heterocycles. The third-order valence-corrected chi connectivity index (χ3v) is 2.12. The lowest BCUT2D eigenvalue weighted by Crippen LogP contribution is -2.18. The molecule has 0 radical (unpaired) electrons. The van der Waals surface area contributed by atoms with Crippen LogP contribution in [0, 0.1) is 5.82 Å². The van der Waals surface area contributed by atoms with Crippen molar-refractivity contribution < 1.29 is 9.18 Å². The van der Waals surface area contributed by atoms with E-state index in [1.165, 1.54) is 12.1 Å². The number of nitrogens with zero attached hydrogens (tertiary/aromatic N) is 2. The van der Waals surface area contributed by atoms with Gasteiger partial charge in [-0.05, 0) is 12.1 Å². The van der Waals surface area contributed by atoms with Gasteiger partial charge in [-0.25, -0.2) is 9.37 Å². The van der Waals surface area contributed by atoms with Gasteiger partial charge in [-0.2, -0.15) is 0 Å². The van der Waals surface area contributed by atoms with Crippen LogP contribution in [0.1, 0.15) is 0 Å². The van der Waals surface area contributed by atoms with E-state index in [0.717, 1.165) is 0 Å². The van der Waals surface area contributed by atoms with Crippen molar-refractivity contribution in [2.45, 2.75) is 6.54 Å². The minimum absolute atomic E-state index is 0.0336. The zero-order valence-corrected chi connectivity index (χ0v) is 8.43. The predicted octanol–water partition coefficient (Wildman–Crippen LogP) is 1.17. The molecule has 82 valence electrons. The number of hydrogen-bond acceptors (Lipinski definition) is 2. The third-order valence-electron chi connectivity index (χ3n) is 2.12. The first-order valence-corrected chi connectivity index (χ1v) is 4.72. The molecule has 5 heteroatoms. The summed E-state index contributed by atoms with van der Waals surface area (Å²) < 4.78 is 14.6. The predicted molar refractivity (Wildman–Crippen MR) is 56.8 cm³/mol. The lowest BCUT2D eigenvalue weighted by molar-refractivity contribution is -0.118. The zero-order valence-electron chi connectivity index (χ0n) is 8.43. The Labute approximate surface area is 91.5 Å². The Morgan fingerprint density at radius 1 is 1.50 bits per heavy atom. The van der Waals surface area contributed by atoms with E-state index in [1.54, 1.807) is 29.1 Å². The van der Waals surface area contributed by atoms with E-state index in [-0.39, 0.29) is 12.4 Å². The molecule has 0 aliphatic rings. The lowest BCUT2D eigenvalue weighted by Gasteiger charge is -2.05. The number of carbonyl (C=O) groups is 1. The minimum Gasteiger partial charge on any atom is -0.368 e. The molecule has 0 fully saturated rings. The Hall–Kier alpha value is -2.17. The van der Waals surface area contributed by atoms with Crippen molar-refractivity contribution in [3.8, 4) is 11.4 Å². The van der Waals surface area contributed by atoms with Crippen LogP contribution in [0.3, 0.4) is 0 Å². The maximum Gasteiger partial charge on any atom is 0.237 e. The van der Waals surface area contributed by atoms with E-state index in [4.69, 9.17) is 5.73 Å². The van der Waals surface area contributed by atoms with E-state index in [1.807, 2.05) is 0 Å². The van der Waals surface area contributed by atoms with E-state index in [9.17, 15) is 9.18 Å². The maximum absolute atomic E-state index is 13.0. The Morgan fingerprint density at radius 2 is 2.31 bits per heavy atom.